The van der Waals surface area contributed by atoms with Gasteiger partial charge in [-0.2, -0.15) is 4.98 Å². The van der Waals surface area contributed by atoms with E-state index in [4.69, 9.17) is 4.74 Å². The lowest BCUT2D eigenvalue weighted by Gasteiger charge is -2.02. The molecule has 0 bridgehead atoms. The predicted octanol–water partition coefficient (Wildman–Crippen LogP) is 0.955. The summed E-state index contributed by atoms with van der Waals surface area (Å²) in [5, 5.41) is 0. The molecule has 5 heteroatoms. The van der Waals surface area contributed by atoms with Gasteiger partial charge in [-0.25, -0.2) is 4.98 Å². The first-order valence-electron chi connectivity index (χ1n) is 4.45. The molecule has 0 aliphatic rings. The van der Waals surface area contributed by atoms with Gasteiger partial charge < -0.3 is 4.74 Å². The number of hydrogen-bond acceptors (Lipinski definition) is 5. The van der Waals surface area contributed by atoms with Crippen LogP contribution in [0.15, 0.2) is 6.07 Å². The molecule has 0 radical (unpaired) electrons. The number of Topliss-reactive ketones (excluding diaryl/α,β-unsaturated/α-hetero) is 2. The maximum Gasteiger partial charge on any atom is 0.216 e. The molecule has 0 aromatic carbocycles. The molecule has 1 rings (SSSR count). The van der Waals surface area contributed by atoms with E-state index in [1.54, 1.807) is 13.0 Å². The lowest BCUT2D eigenvalue weighted by molar-refractivity contribution is -0.116. The van der Waals surface area contributed by atoms with Crippen molar-refractivity contribution >= 4 is 11.6 Å². The second-order valence-corrected chi connectivity index (χ2v) is 3.18. The highest BCUT2D eigenvalue weighted by Gasteiger charge is 2.13. The van der Waals surface area contributed by atoms with E-state index in [1.165, 1.54) is 14.0 Å². The molecule has 0 N–H and O–H groups in total. The van der Waals surface area contributed by atoms with Gasteiger partial charge in [0.1, 0.15) is 5.78 Å². The minimum Gasteiger partial charge on any atom is -0.481 e. The van der Waals surface area contributed by atoms with Gasteiger partial charge in [-0.15, -0.1) is 0 Å². The van der Waals surface area contributed by atoms with Crippen LogP contribution in [0.5, 0.6) is 5.88 Å². The number of aryl methyl sites for hydroxylation is 1. The Morgan fingerprint density at radius 2 is 2.07 bits per heavy atom. The van der Waals surface area contributed by atoms with E-state index < -0.39 is 0 Å². The van der Waals surface area contributed by atoms with Crippen molar-refractivity contribution in [3.05, 3.63) is 17.6 Å². The molecular weight excluding hydrogens is 196 g/mol. The first-order valence-corrected chi connectivity index (χ1v) is 4.45. The fourth-order valence-electron chi connectivity index (χ4n) is 1.07. The van der Waals surface area contributed by atoms with Gasteiger partial charge in [0.25, 0.3) is 0 Å². The number of rotatable bonds is 4. The number of hydrogen-bond donors (Lipinski definition) is 0. The van der Waals surface area contributed by atoms with Crippen molar-refractivity contribution in [3.8, 4) is 5.88 Å². The highest BCUT2D eigenvalue weighted by molar-refractivity contribution is 6.05. The zero-order chi connectivity index (χ0) is 11.4. The third kappa shape index (κ3) is 3.12. The molecule has 15 heavy (non-hydrogen) atoms. The Kier molecular flexibility index (Phi) is 3.49. The zero-order valence-electron chi connectivity index (χ0n) is 8.90. The van der Waals surface area contributed by atoms with E-state index in [0.717, 1.165) is 0 Å². The minimum absolute atomic E-state index is 0.0297. The Morgan fingerprint density at radius 1 is 1.40 bits per heavy atom. The van der Waals surface area contributed by atoms with Gasteiger partial charge in [0, 0.05) is 11.8 Å². The van der Waals surface area contributed by atoms with Crippen molar-refractivity contribution in [3.63, 3.8) is 0 Å². The molecule has 0 amide bonds. The molecule has 5 nitrogen and oxygen atoms in total. The van der Waals surface area contributed by atoms with Crippen LogP contribution >= 0.6 is 0 Å². The molecule has 0 atom stereocenters. The molecule has 0 fully saturated rings. The third-order valence-corrected chi connectivity index (χ3v) is 1.70. The molecule has 0 spiro atoms. The summed E-state index contributed by atoms with van der Waals surface area (Å²) in [5.41, 5.74) is 0.633. The van der Waals surface area contributed by atoms with Crippen LogP contribution in [0.3, 0.4) is 0 Å². The average Bonchev–Trinajstić information content (AvgIpc) is 2.15. The Hall–Kier alpha value is -1.78. The Labute approximate surface area is 87.5 Å². The van der Waals surface area contributed by atoms with Crippen LogP contribution < -0.4 is 4.74 Å². The molecule has 0 aliphatic carbocycles. The van der Waals surface area contributed by atoms with Gasteiger partial charge in [-0.05, 0) is 13.8 Å². The number of methoxy groups -OCH3 is 1. The quantitative estimate of drug-likeness (QED) is 0.544. The molecule has 1 aromatic rings. The molecule has 80 valence electrons. The Morgan fingerprint density at radius 3 is 2.60 bits per heavy atom. The highest BCUT2D eigenvalue weighted by Crippen LogP contribution is 2.09. The molecule has 1 aromatic heterocycles. The van der Waals surface area contributed by atoms with E-state index >= 15 is 0 Å². The maximum absolute atomic E-state index is 11.5. The van der Waals surface area contributed by atoms with Crippen molar-refractivity contribution in [2.24, 2.45) is 0 Å². The maximum atomic E-state index is 11.5. The van der Waals surface area contributed by atoms with E-state index in [0.29, 0.717) is 11.6 Å². The van der Waals surface area contributed by atoms with E-state index in [1.807, 2.05) is 0 Å². The third-order valence-electron chi connectivity index (χ3n) is 1.70. The van der Waals surface area contributed by atoms with Crippen LogP contribution in [0.4, 0.5) is 0 Å². The van der Waals surface area contributed by atoms with Crippen LogP contribution in [0, 0.1) is 6.92 Å². The Balaban J connectivity index is 2.98. The SMILES string of the molecule is COc1cc(C)nc(C(=O)CC(C)=O)n1. The second kappa shape index (κ2) is 4.63. The van der Waals surface area contributed by atoms with Crippen molar-refractivity contribution in [2.75, 3.05) is 7.11 Å². The number of ether oxygens (including phenoxy) is 1. The number of carbonyl (C=O) groups is 2. The van der Waals surface area contributed by atoms with Crippen LogP contribution in [0.1, 0.15) is 29.7 Å². The number of ketones is 2. The molecule has 1 heterocycles. The van der Waals surface area contributed by atoms with Crippen LogP contribution in [0.2, 0.25) is 0 Å². The standard InChI is InChI=1S/C10H12N2O3/c1-6-4-9(15-3)12-10(11-6)8(14)5-7(2)13/h4H,5H2,1-3H3. The zero-order valence-corrected chi connectivity index (χ0v) is 8.90. The van der Waals surface area contributed by atoms with Crippen LogP contribution in [-0.4, -0.2) is 28.6 Å². The smallest absolute Gasteiger partial charge is 0.216 e. The summed E-state index contributed by atoms with van der Waals surface area (Å²) in [4.78, 5) is 30.0. The predicted molar refractivity (Wildman–Crippen MR) is 52.9 cm³/mol. The van der Waals surface area contributed by atoms with Crippen LogP contribution in [-0.2, 0) is 4.79 Å². The first kappa shape index (κ1) is 11.3. The second-order valence-electron chi connectivity index (χ2n) is 3.18. The van der Waals surface area contributed by atoms with E-state index in [2.05, 4.69) is 9.97 Å². The monoisotopic (exact) mass is 208 g/mol. The van der Waals surface area contributed by atoms with Gasteiger partial charge >= 0.3 is 0 Å². The minimum atomic E-state index is -0.385. The summed E-state index contributed by atoms with van der Waals surface area (Å²) >= 11 is 0. The average molecular weight is 208 g/mol. The van der Waals surface area contributed by atoms with Gasteiger partial charge in [0.2, 0.25) is 11.7 Å². The number of carbonyl (C=O) groups excluding carboxylic acids is 2. The molecule has 0 aliphatic heterocycles. The summed E-state index contributed by atoms with van der Waals surface area (Å²) in [5.74, 6) is -0.231. The normalized spacial score (nSPS) is 9.80. The van der Waals surface area contributed by atoms with Crippen molar-refractivity contribution in [1.29, 1.82) is 0 Å². The fraction of sp³-hybridized carbons (Fsp3) is 0.400. The lowest BCUT2D eigenvalue weighted by Crippen LogP contribution is -2.10. The van der Waals surface area contributed by atoms with Crippen molar-refractivity contribution in [1.82, 2.24) is 9.97 Å². The molecular formula is C10H12N2O3. The van der Waals surface area contributed by atoms with E-state index in [9.17, 15) is 9.59 Å². The topological polar surface area (TPSA) is 69.2 Å². The van der Waals surface area contributed by atoms with Crippen molar-refractivity contribution in [2.45, 2.75) is 20.3 Å². The van der Waals surface area contributed by atoms with E-state index in [-0.39, 0.29) is 23.8 Å². The molecule has 0 unspecified atom stereocenters. The van der Waals surface area contributed by atoms with Gasteiger partial charge in [0.15, 0.2) is 5.82 Å². The summed E-state index contributed by atoms with van der Waals surface area (Å²) in [6, 6.07) is 1.62. The summed E-state index contributed by atoms with van der Waals surface area (Å²) in [7, 11) is 1.46. The number of aromatic nitrogens is 2. The summed E-state index contributed by atoms with van der Waals surface area (Å²) in [6.07, 6.45) is -0.174. The van der Waals surface area contributed by atoms with Crippen LogP contribution in [0.25, 0.3) is 0 Å². The fourth-order valence-corrected chi connectivity index (χ4v) is 1.07. The first-order chi connectivity index (χ1) is 7.02. The molecule has 0 saturated heterocycles. The molecule has 0 saturated carbocycles. The van der Waals surface area contributed by atoms with Crippen molar-refractivity contribution < 1.29 is 14.3 Å². The lowest BCUT2D eigenvalue weighted by atomic mass is 10.2. The van der Waals surface area contributed by atoms with Gasteiger partial charge in [0.05, 0.1) is 13.5 Å². The summed E-state index contributed by atoms with van der Waals surface area (Å²) in [6.45, 7) is 3.08. The van der Waals surface area contributed by atoms with Gasteiger partial charge in [-0.1, -0.05) is 0 Å². The highest BCUT2D eigenvalue weighted by atomic mass is 16.5. The Bertz CT molecular complexity index is 402. The summed E-state index contributed by atoms with van der Waals surface area (Å²) < 4.78 is 4.90. The number of nitrogens with zero attached hydrogens (tertiary/aromatic N) is 2. The van der Waals surface area contributed by atoms with Gasteiger partial charge in [-0.3, -0.25) is 9.59 Å². The largest absolute Gasteiger partial charge is 0.481 e.